The average molecular weight is 270 g/mol. The van der Waals surface area contributed by atoms with Gasteiger partial charge in [0.1, 0.15) is 6.10 Å². The Labute approximate surface area is 117 Å². The summed E-state index contributed by atoms with van der Waals surface area (Å²) < 4.78 is 6.07. The van der Waals surface area contributed by atoms with Gasteiger partial charge in [0.05, 0.1) is 5.60 Å². The van der Waals surface area contributed by atoms with E-state index in [4.69, 9.17) is 10.5 Å². The van der Waals surface area contributed by atoms with Crippen LogP contribution in [0.15, 0.2) is 0 Å². The van der Waals surface area contributed by atoms with Crippen molar-refractivity contribution >= 4 is 5.91 Å². The summed E-state index contributed by atoms with van der Waals surface area (Å²) in [5.41, 5.74) is 5.62. The highest BCUT2D eigenvalue weighted by Crippen LogP contribution is 2.35. The number of carbonyl (C=O) groups is 1. The SMILES string of the molecule is CCC(C)NC(=O)C(C)OC1(CN)CCCC(C)C1. The van der Waals surface area contributed by atoms with E-state index in [2.05, 4.69) is 19.2 Å². The topological polar surface area (TPSA) is 64.3 Å². The van der Waals surface area contributed by atoms with Crippen LogP contribution in [-0.2, 0) is 9.53 Å². The highest BCUT2D eigenvalue weighted by molar-refractivity contribution is 5.80. The Bertz CT molecular complexity index is 296. The van der Waals surface area contributed by atoms with Crippen LogP contribution in [-0.4, -0.2) is 30.2 Å². The molecule has 1 amide bonds. The molecule has 4 unspecified atom stereocenters. The van der Waals surface area contributed by atoms with Crippen LogP contribution in [0.3, 0.4) is 0 Å². The second kappa shape index (κ2) is 7.25. The molecule has 112 valence electrons. The molecule has 19 heavy (non-hydrogen) atoms. The molecular formula is C15H30N2O2. The van der Waals surface area contributed by atoms with Crippen LogP contribution in [0.1, 0.15) is 59.8 Å². The van der Waals surface area contributed by atoms with Gasteiger partial charge in [-0.25, -0.2) is 0 Å². The molecule has 0 heterocycles. The summed E-state index contributed by atoms with van der Waals surface area (Å²) in [5.74, 6) is 0.600. The van der Waals surface area contributed by atoms with Gasteiger partial charge in [0, 0.05) is 12.6 Å². The molecule has 1 rings (SSSR count). The van der Waals surface area contributed by atoms with Crippen molar-refractivity contribution in [2.45, 2.75) is 77.5 Å². The number of nitrogens with two attached hydrogens (primary N) is 1. The smallest absolute Gasteiger partial charge is 0.249 e. The predicted molar refractivity (Wildman–Crippen MR) is 77.9 cm³/mol. The second-order valence-corrected chi connectivity index (χ2v) is 6.17. The van der Waals surface area contributed by atoms with Gasteiger partial charge in [-0.05, 0) is 39.0 Å². The number of ether oxygens (including phenoxy) is 1. The molecule has 0 saturated heterocycles. The Morgan fingerprint density at radius 2 is 2.21 bits per heavy atom. The van der Waals surface area contributed by atoms with Gasteiger partial charge in [0.15, 0.2) is 0 Å². The van der Waals surface area contributed by atoms with Crippen molar-refractivity contribution in [2.75, 3.05) is 6.54 Å². The van der Waals surface area contributed by atoms with E-state index in [1.165, 1.54) is 6.42 Å². The minimum Gasteiger partial charge on any atom is -0.361 e. The van der Waals surface area contributed by atoms with Crippen molar-refractivity contribution in [3.05, 3.63) is 0 Å². The van der Waals surface area contributed by atoms with E-state index in [0.717, 1.165) is 25.7 Å². The highest BCUT2D eigenvalue weighted by atomic mass is 16.5. The first-order valence-electron chi connectivity index (χ1n) is 7.60. The Kier molecular flexibility index (Phi) is 6.27. The van der Waals surface area contributed by atoms with Gasteiger partial charge in [-0.2, -0.15) is 0 Å². The van der Waals surface area contributed by atoms with Crippen molar-refractivity contribution in [3.8, 4) is 0 Å². The molecule has 4 nitrogen and oxygen atoms in total. The van der Waals surface area contributed by atoms with Gasteiger partial charge in [0.25, 0.3) is 0 Å². The van der Waals surface area contributed by atoms with E-state index in [-0.39, 0.29) is 17.6 Å². The molecule has 4 heteroatoms. The van der Waals surface area contributed by atoms with E-state index >= 15 is 0 Å². The normalized spacial score (nSPS) is 30.7. The lowest BCUT2D eigenvalue weighted by atomic mass is 9.78. The number of carbonyl (C=O) groups excluding carboxylic acids is 1. The average Bonchev–Trinajstić information content (AvgIpc) is 2.38. The summed E-state index contributed by atoms with van der Waals surface area (Å²) in [5, 5.41) is 2.97. The van der Waals surface area contributed by atoms with Crippen molar-refractivity contribution in [3.63, 3.8) is 0 Å². The molecule has 0 bridgehead atoms. The quantitative estimate of drug-likeness (QED) is 0.778. The molecular weight excluding hydrogens is 240 g/mol. The van der Waals surface area contributed by atoms with Gasteiger partial charge in [0.2, 0.25) is 5.91 Å². The van der Waals surface area contributed by atoms with Gasteiger partial charge < -0.3 is 15.8 Å². The standard InChI is InChI=1S/C15H30N2O2/c1-5-12(3)17-14(18)13(4)19-15(10-16)8-6-7-11(2)9-15/h11-13H,5-10,16H2,1-4H3,(H,17,18). The van der Waals surface area contributed by atoms with Crippen LogP contribution in [0.4, 0.5) is 0 Å². The molecule has 0 aromatic rings. The molecule has 1 saturated carbocycles. The van der Waals surface area contributed by atoms with E-state index in [1.54, 1.807) is 0 Å². The fraction of sp³-hybridized carbons (Fsp3) is 0.933. The zero-order valence-electron chi connectivity index (χ0n) is 12.9. The maximum atomic E-state index is 12.0. The number of rotatable bonds is 6. The van der Waals surface area contributed by atoms with Gasteiger partial charge in [-0.1, -0.05) is 26.7 Å². The summed E-state index contributed by atoms with van der Waals surface area (Å²) in [6.45, 7) is 8.62. The third-order valence-electron chi connectivity index (χ3n) is 4.22. The molecule has 0 radical (unpaired) electrons. The number of hydrogen-bond acceptors (Lipinski definition) is 3. The third kappa shape index (κ3) is 4.77. The lowest BCUT2D eigenvalue weighted by Gasteiger charge is -2.40. The first-order chi connectivity index (χ1) is 8.92. The Morgan fingerprint density at radius 1 is 1.53 bits per heavy atom. The second-order valence-electron chi connectivity index (χ2n) is 6.17. The first kappa shape index (κ1) is 16.4. The zero-order chi connectivity index (χ0) is 14.5. The van der Waals surface area contributed by atoms with Crippen molar-refractivity contribution in [1.82, 2.24) is 5.32 Å². The lowest BCUT2D eigenvalue weighted by molar-refractivity contribution is -0.151. The molecule has 0 aromatic heterocycles. The fourth-order valence-electron chi connectivity index (χ4n) is 2.84. The largest absolute Gasteiger partial charge is 0.361 e. The molecule has 1 aliphatic carbocycles. The fourth-order valence-corrected chi connectivity index (χ4v) is 2.84. The van der Waals surface area contributed by atoms with Crippen LogP contribution in [0, 0.1) is 5.92 Å². The molecule has 1 aliphatic rings. The zero-order valence-corrected chi connectivity index (χ0v) is 12.9. The van der Waals surface area contributed by atoms with Crippen molar-refractivity contribution in [1.29, 1.82) is 0 Å². The van der Waals surface area contributed by atoms with E-state index in [9.17, 15) is 4.79 Å². The van der Waals surface area contributed by atoms with E-state index in [1.807, 2.05) is 13.8 Å². The van der Waals surface area contributed by atoms with Gasteiger partial charge in [-0.3, -0.25) is 4.79 Å². The summed E-state index contributed by atoms with van der Waals surface area (Å²) >= 11 is 0. The lowest BCUT2D eigenvalue weighted by Crippen LogP contribution is -2.50. The minimum atomic E-state index is -0.428. The summed E-state index contributed by atoms with van der Waals surface area (Å²) in [6.07, 6.45) is 4.80. The van der Waals surface area contributed by atoms with Gasteiger partial charge >= 0.3 is 0 Å². The Balaban J connectivity index is 2.57. The Hall–Kier alpha value is -0.610. The van der Waals surface area contributed by atoms with Crippen LogP contribution in [0.25, 0.3) is 0 Å². The third-order valence-corrected chi connectivity index (χ3v) is 4.22. The van der Waals surface area contributed by atoms with Crippen LogP contribution in [0.5, 0.6) is 0 Å². The van der Waals surface area contributed by atoms with Crippen molar-refractivity contribution in [2.24, 2.45) is 11.7 Å². The monoisotopic (exact) mass is 270 g/mol. The maximum Gasteiger partial charge on any atom is 0.249 e. The summed E-state index contributed by atoms with van der Waals surface area (Å²) in [4.78, 5) is 12.0. The summed E-state index contributed by atoms with van der Waals surface area (Å²) in [7, 11) is 0. The number of hydrogen-bond donors (Lipinski definition) is 2. The molecule has 1 fully saturated rings. The van der Waals surface area contributed by atoms with E-state index < -0.39 is 6.10 Å². The van der Waals surface area contributed by atoms with E-state index in [0.29, 0.717) is 12.5 Å². The Morgan fingerprint density at radius 3 is 2.74 bits per heavy atom. The summed E-state index contributed by atoms with van der Waals surface area (Å²) in [6, 6.07) is 0.192. The van der Waals surface area contributed by atoms with Crippen LogP contribution in [0.2, 0.25) is 0 Å². The first-order valence-corrected chi connectivity index (χ1v) is 7.60. The van der Waals surface area contributed by atoms with Crippen LogP contribution >= 0.6 is 0 Å². The number of nitrogens with one attached hydrogen (secondary N) is 1. The maximum absolute atomic E-state index is 12.0. The predicted octanol–water partition coefficient (Wildman–Crippen LogP) is 2.21. The molecule has 0 aromatic carbocycles. The van der Waals surface area contributed by atoms with Gasteiger partial charge in [-0.15, -0.1) is 0 Å². The molecule has 0 spiro atoms. The molecule has 0 aliphatic heterocycles. The molecule has 3 N–H and O–H groups in total. The highest BCUT2D eigenvalue weighted by Gasteiger charge is 2.37. The molecule has 4 atom stereocenters. The number of amides is 1. The minimum absolute atomic E-state index is 0.0274. The van der Waals surface area contributed by atoms with Crippen molar-refractivity contribution < 1.29 is 9.53 Å². The van der Waals surface area contributed by atoms with Crippen LogP contribution < -0.4 is 11.1 Å².